The van der Waals surface area contributed by atoms with Gasteiger partial charge in [-0.2, -0.15) is 0 Å². The van der Waals surface area contributed by atoms with Crippen LogP contribution < -0.4 is 5.32 Å². The van der Waals surface area contributed by atoms with Crippen molar-refractivity contribution in [2.24, 2.45) is 0 Å². The molecule has 0 spiro atoms. The normalized spacial score (nSPS) is 10.6. The third kappa shape index (κ3) is 6.66. The first-order valence-electron chi connectivity index (χ1n) is 4.56. The van der Waals surface area contributed by atoms with Crippen molar-refractivity contribution in [1.29, 1.82) is 0 Å². The summed E-state index contributed by atoms with van der Waals surface area (Å²) in [5.41, 5.74) is 0.672. The molecule has 0 saturated heterocycles. The molecule has 8 nitrogen and oxygen atoms in total. The summed E-state index contributed by atoms with van der Waals surface area (Å²) in [7, 11) is 0. The van der Waals surface area contributed by atoms with Crippen LogP contribution in [-0.2, 0) is 20.8 Å². The maximum Gasteiger partial charge on any atom is 0.326 e. The van der Waals surface area contributed by atoms with Gasteiger partial charge < -0.3 is 20.5 Å². The van der Waals surface area contributed by atoms with Gasteiger partial charge in [0.1, 0.15) is 6.04 Å². The number of aliphatic carboxylic acids is 1. The first-order valence-corrected chi connectivity index (χ1v) is 4.56. The predicted molar refractivity (Wildman–Crippen MR) is 56.2 cm³/mol. The molecule has 8 heteroatoms. The Labute approximate surface area is 96.7 Å². The van der Waals surface area contributed by atoms with Gasteiger partial charge >= 0.3 is 5.97 Å². The Hall–Kier alpha value is -2.38. The van der Waals surface area contributed by atoms with E-state index in [1.54, 1.807) is 0 Å². The topological polar surface area (TPSA) is 132 Å². The van der Waals surface area contributed by atoms with Crippen LogP contribution in [0.2, 0.25) is 0 Å². The standard InChI is InChI=1S/C8H11N3O3.CH2O2/c1-5(12)11-7(8(13)14)2-6-3-9-4-10-6;2-1-3/h3-4,7H,2H2,1H3,(H,9,10)(H,11,12)(H,13,14);1H,(H,2,3). The number of carbonyl (C=O) groups is 3. The lowest BCUT2D eigenvalue weighted by Gasteiger charge is -2.11. The maximum atomic E-state index is 10.7. The van der Waals surface area contributed by atoms with E-state index in [-0.39, 0.29) is 18.8 Å². The molecule has 1 unspecified atom stereocenters. The van der Waals surface area contributed by atoms with E-state index in [2.05, 4.69) is 15.3 Å². The van der Waals surface area contributed by atoms with Gasteiger partial charge in [0.2, 0.25) is 5.91 Å². The van der Waals surface area contributed by atoms with Crippen LogP contribution in [0.3, 0.4) is 0 Å². The third-order valence-corrected chi connectivity index (χ3v) is 1.65. The summed E-state index contributed by atoms with van der Waals surface area (Å²) in [6.07, 6.45) is 3.19. The van der Waals surface area contributed by atoms with Crippen molar-refractivity contribution in [3.05, 3.63) is 18.2 Å². The minimum atomic E-state index is -1.06. The summed E-state index contributed by atoms with van der Waals surface area (Å²) in [6.45, 7) is 1.03. The van der Waals surface area contributed by atoms with Crippen molar-refractivity contribution in [3.63, 3.8) is 0 Å². The molecule has 1 rings (SSSR count). The van der Waals surface area contributed by atoms with Gasteiger partial charge in [-0.25, -0.2) is 9.78 Å². The summed E-state index contributed by atoms with van der Waals surface area (Å²) in [5.74, 6) is -1.42. The molecule has 94 valence electrons. The Morgan fingerprint density at radius 2 is 2.24 bits per heavy atom. The number of H-pyrrole nitrogens is 1. The van der Waals surface area contributed by atoms with E-state index >= 15 is 0 Å². The van der Waals surface area contributed by atoms with Crippen molar-refractivity contribution in [3.8, 4) is 0 Å². The Balaban J connectivity index is 0.000000770. The molecule has 0 aliphatic heterocycles. The van der Waals surface area contributed by atoms with E-state index in [4.69, 9.17) is 15.0 Å². The Morgan fingerprint density at radius 3 is 2.59 bits per heavy atom. The van der Waals surface area contributed by atoms with Gasteiger partial charge in [0.15, 0.2) is 0 Å². The second-order valence-electron chi connectivity index (χ2n) is 2.98. The molecule has 0 saturated carbocycles. The fourth-order valence-electron chi connectivity index (χ4n) is 1.06. The number of nitrogens with zero attached hydrogens (tertiary/aromatic N) is 1. The van der Waals surface area contributed by atoms with Crippen LogP contribution >= 0.6 is 0 Å². The second kappa shape index (κ2) is 7.85. The van der Waals surface area contributed by atoms with Crippen LogP contribution in [0.25, 0.3) is 0 Å². The lowest BCUT2D eigenvalue weighted by atomic mass is 10.1. The zero-order valence-electron chi connectivity index (χ0n) is 9.08. The van der Waals surface area contributed by atoms with Crippen molar-refractivity contribution in [2.45, 2.75) is 19.4 Å². The first-order chi connectivity index (χ1) is 8.01. The lowest BCUT2D eigenvalue weighted by molar-refractivity contribution is -0.141. The Bertz CT molecular complexity index is 363. The molecule has 1 aromatic rings. The number of carbonyl (C=O) groups excluding carboxylic acids is 1. The smallest absolute Gasteiger partial charge is 0.326 e. The predicted octanol–water partition coefficient (Wildman–Crippen LogP) is -0.758. The second-order valence-corrected chi connectivity index (χ2v) is 2.98. The monoisotopic (exact) mass is 243 g/mol. The summed E-state index contributed by atoms with van der Waals surface area (Å²) in [4.78, 5) is 36.3. The zero-order chi connectivity index (χ0) is 13.3. The van der Waals surface area contributed by atoms with Crippen molar-refractivity contribution in [1.82, 2.24) is 15.3 Å². The maximum absolute atomic E-state index is 10.7. The van der Waals surface area contributed by atoms with Crippen LogP contribution in [0.1, 0.15) is 12.6 Å². The van der Waals surface area contributed by atoms with Gasteiger partial charge in [-0.1, -0.05) is 0 Å². The number of aromatic nitrogens is 2. The average Bonchev–Trinajstić information content (AvgIpc) is 2.69. The minimum absolute atomic E-state index is 0.203. The van der Waals surface area contributed by atoms with Gasteiger partial charge in [0.25, 0.3) is 6.47 Å². The van der Waals surface area contributed by atoms with Crippen molar-refractivity contribution >= 4 is 18.3 Å². The highest BCUT2D eigenvalue weighted by Crippen LogP contribution is 1.98. The molecule has 0 fully saturated rings. The summed E-state index contributed by atoms with van der Waals surface area (Å²) in [5, 5.41) is 18.0. The van der Waals surface area contributed by atoms with Crippen molar-refractivity contribution < 1.29 is 24.6 Å². The molecular formula is C9H13N3O5. The largest absolute Gasteiger partial charge is 0.483 e. The molecule has 1 amide bonds. The van der Waals surface area contributed by atoms with Crippen LogP contribution in [0, 0.1) is 0 Å². The lowest BCUT2D eigenvalue weighted by Crippen LogP contribution is -2.41. The molecular weight excluding hydrogens is 230 g/mol. The van der Waals surface area contributed by atoms with E-state index in [1.165, 1.54) is 19.4 Å². The zero-order valence-corrected chi connectivity index (χ0v) is 9.08. The fraction of sp³-hybridized carbons (Fsp3) is 0.333. The van der Waals surface area contributed by atoms with Gasteiger partial charge in [-0.15, -0.1) is 0 Å². The van der Waals surface area contributed by atoms with E-state index in [0.717, 1.165) is 0 Å². The number of nitrogens with one attached hydrogen (secondary N) is 2. The molecule has 0 aliphatic carbocycles. The third-order valence-electron chi connectivity index (χ3n) is 1.65. The van der Waals surface area contributed by atoms with Gasteiger partial charge in [-0.05, 0) is 0 Å². The van der Waals surface area contributed by atoms with Gasteiger partial charge in [0, 0.05) is 25.2 Å². The van der Waals surface area contributed by atoms with Crippen LogP contribution in [0.15, 0.2) is 12.5 Å². The van der Waals surface area contributed by atoms with E-state index in [9.17, 15) is 9.59 Å². The number of hydrogen-bond donors (Lipinski definition) is 4. The molecule has 17 heavy (non-hydrogen) atoms. The highest BCUT2D eigenvalue weighted by molar-refractivity contribution is 5.82. The molecule has 1 aromatic heterocycles. The minimum Gasteiger partial charge on any atom is -0.483 e. The number of imidazole rings is 1. The molecule has 0 bridgehead atoms. The summed E-state index contributed by atoms with van der Waals surface area (Å²) >= 11 is 0. The number of aromatic amines is 1. The quantitative estimate of drug-likeness (QED) is 0.514. The van der Waals surface area contributed by atoms with Crippen molar-refractivity contribution in [2.75, 3.05) is 0 Å². The van der Waals surface area contributed by atoms with Crippen LogP contribution in [0.5, 0.6) is 0 Å². The molecule has 1 atom stereocenters. The number of amides is 1. The van der Waals surface area contributed by atoms with Crippen LogP contribution in [0.4, 0.5) is 0 Å². The van der Waals surface area contributed by atoms with Crippen LogP contribution in [-0.4, -0.2) is 44.6 Å². The van der Waals surface area contributed by atoms with Gasteiger partial charge in [0.05, 0.1) is 6.33 Å². The SMILES string of the molecule is CC(=O)NC(Cc1cnc[nH]1)C(=O)O.O=CO. The number of hydrogen-bond acceptors (Lipinski definition) is 4. The van der Waals surface area contributed by atoms with E-state index in [0.29, 0.717) is 5.69 Å². The summed E-state index contributed by atoms with van der Waals surface area (Å²) in [6, 6.07) is -0.909. The molecule has 4 N–H and O–H groups in total. The highest BCUT2D eigenvalue weighted by Gasteiger charge is 2.18. The van der Waals surface area contributed by atoms with E-state index < -0.39 is 12.0 Å². The molecule has 1 heterocycles. The molecule has 0 radical (unpaired) electrons. The van der Waals surface area contributed by atoms with Gasteiger partial charge in [-0.3, -0.25) is 9.59 Å². The Kier molecular flexibility index (Phi) is 6.75. The van der Waals surface area contributed by atoms with E-state index in [1.807, 2.05) is 0 Å². The number of rotatable bonds is 4. The average molecular weight is 243 g/mol. The first kappa shape index (κ1) is 14.6. The number of carboxylic acids is 1. The number of carboxylic acid groups (broad SMARTS) is 2. The highest BCUT2D eigenvalue weighted by atomic mass is 16.4. The molecule has 0 aromatic carbocycles. The summed E-state index contributed by atoms with van der Waals surface area (Å²) < 4.78 is 0. The molecule has 0 aliphatic rings. The Morgan fingerprint density at radius 1 is 1.65 bits per heavy atom. The fourth-order valence-corrected chi connectivity index (χ4v) is 1.06.